The number of rotatable bonds is 7. The van der Waals surface area contributed by atoms with Gasteiger partial charge in [-0.15, -0.1) is 0 Å². The molecule has 0 spiro atoms. The van der Waals surface area contributed by atoms with Gasteiger partial charge in [-0.05, 0) is 33.6 Å². The summed E-state index contributed by atoms with van der Waals surface area (Å²) in [6.45, 7) is 8.46. The maximum Gasteiger partial charge on any atom is 0.343 e. The lowest BCUT2D eigenvalue weighted by molar-refractivity contribution is 0.101. The number of hydrogen-bond donors (Lipinski definition) is 4. The van der Waals surface area contributed by atoms with Crippen LogP contribution in [0.25, 0.3) is 0 Å². The molecule has 0 bridgehead atoms. The van der Waals surface area contributed by atoms with E-state index in [1.165, 1.54) is 6.92 Å². The largest absolute Gasteiger partial charge is 0.507 e. The van der Waals surface area contributed by atoms with Crippen LogP contribution in [0.15, 0.2) is 20.9 Å². The van der Waals surface area contributed by atoms with Crippen molar-refractivity contribution in [3.8, 4) is 23.0 Å². The Kier molecular flexibility index (Phi) is 6.97. The van der Waals surface area contributed by atoms with Gasteiger partial charge >= 0.3 is 5.63 Å². The van der Waals surface area contributed by atoms with Crippen LogP contribution >= 0.6 is 0 Å². The van der Waals surface area contributed by atoms with E-state index in [9.17, 15) is 30.0 Å². The Labute approximate surface area is 174 Å². The highest BCUT2D eigenvalue weighted by molar-refractivity contribution is 6.01. The second-order valence-electron chi connectivity index (χ2n) is 7.42. The maximum atomic E-state index is 12.5. The number of benzene rings is 1. The first kappa shape index (κ1) is 23.1. The van der Waals surface area contributed by atoms with E-state index in [4.69, 9.17) is 4.42 Å². The van der Waals surface area contributed by atoms with Gasteiger partial charge in [0.15, 0.2) is 5.78 Å². The fourth-order valence-corrected chi connectivity index (χ4v) is 3.45. The van der Waals surface area contributed by atoms with E-state index in [1.54, 1.807) is 19.9 Å². The number of allylic oxidation sites excluding steroid dienone is 2. The number of Topliss-reactive ketones (excluding diaryl/α,β-unsaturated/α-hetero) is 1. The minimum absolute atomic E-state index is 0.0546. The van der Waals surface area contributed by atoms with Gasteiger partial charge in [0, 0.05) is 29.5 Å². The van der Waals surface area contributed by atoms with E-state index in [2.05, 4.69) is 0 Å². The molecule has 4 N–H and O–H groups in total. The average Bonchev–Trinajstić information content (AvgIpc) is 2.66. The minimum atomic E-state index is -0.788. The predicted octanol–water partition coefficient (Wildman–Crippen LogP) is 3.89. The van der Waals surface area contributed by atoms with E-state index < -0.39 is 28.7 Å². The van der Waals surface area contributed by atoms with E-state index in [1.807, 2.05) is 13.8 Å². The third-order valence-electron chi connectivity index (χ3n) is 5.08. The lowest BCUT2D eigenvalue weighted by Gasteiger charge is -2.17. The maximum absolute atomic E-state index is 12.5. The average molecular weight is 416 g/mol. The monoisotopic (exact) mass is 416 g/mol. The van der Waals surface area contributed by atoms with E-state index in [0.717, 1.165) is 5.57 Å². The van der Waals surface area contributed by atoms with Crippen molar-refractivity contribution in [2.24, 2.45) is 0 Å². The summed E-state index contributed by atoms with van der Waals surface area (Å²) in [7, 11) is 0. The van der Waals surface area contributed by atoms with Crippen LogP contribution in [-0.2, 0) is 25.7 Å². The minimum Gasteiger partial charge on any atom is -0.507 e. The number of hydrogen-bond acceptors (Lipinski definition) is 7. The molecule has 1 aromatic heterocycles. The molecule has 0 unspecified atom stereocenters. The van der Waals surface area contributed by atoms with Gasteiger partial charge in [-0.2, -0.15) is 0 Å². The zero-order valence-corrected chi connectivity index (χ0v) is 17.9. The summed E-state index contributed by atoms with van der Waals surface area (Å²) in [6.07, 6.45) is 2.33. The summed E-state index contributed by atoms with van der Waals surface area (Å²) in [5, 5.41) is 42.5. The molecule has 0 radical (unpaired) electrons. The first-order chi connectivity index (χ1) is 14.0. The van der Waals surface area contributed by atoms with Crippen LogP contribution in [0.5, 0.6) is 23.0 Å². The Morgan fingerprint density at radius 2 is 1.40 bits per heavy atom. The van der Waals surface area contributed by atoms with Gasteiger partial charge in [0.25, 0.3) is 0 Å². The molecule has 0 saturated heterocycles. The highest BCUT2D eigenvalue weighted by Gasteiger charge is 2.28. The normalized spacial score (nSPS) is 10.8. The quantitative estimate of drug-likeness (QED) is 0.398. The third-order valence-corrected chi connectivity index (χ3v) is 5.08. The third kappa shape index (κ3) is 4.20. The van der Waals surface area contributed by atoms with E-state index in [-0.39, 0.29) is 40.8 Å². The predicted molar refractivity (Wildman–Crippen MR) is 113 cm³/mol. The number of carbonyl (C=O) groups excluding carboxylic acids is 1. The van der Waals surface area contributed by atoms with Crippen LogP contribution in [0.1, 0.15) is 73.0 Å². The zero-order valence-electron chi connectivity index (χ0n) is 17.9. The van der Waals surface area contributed by atoms with Crippen LogP contribution in [0.2, 0.25) is 0 Å². The van der Waals surface area contributed by atoms with Crippen molar-refractivity contribution in [1.82, 2.24) is 0 Å². The number of carbonyl (C=O) groups is 1. The van der Waals surface area contributed by atoms with Crippen LogP contribution in [0.4, 0.5) is 0 Å². The van der Waals surface area contributed by atoms with Gasteiger partial charge < -0.3 is 24.8 Å². The molecule has 7 heteroatoms. The molecule has 2 aromatic rings. The van der Waals surface area contributed by atoms with Gasteiger partial charge in [-0.25, -0.2) is 4.79 Å². The summed E-state index contributed by atoms with van der Waals surface area (Å²) in [5.74, 6) is -2.06. The molecule has 1 heterocycles. The van der Waals surface area contributed by atoms with Crippen LogP contribution in [-0.4, -0.2) is 26.2 Å². The Bertz CT molecular complexity index is 1070. The highest BCUT2D eigenvalue weighted by Crippen LogP contribution is 2.44. The van der Waals surface area contributed by atoms with Gasteiger partial charge in [0.1, 0.15) is 34.3 Å². The van der Waals surface area contributed by atoms with Crippen LogP contribution in [0, 0.1) is 0 Å². The van der Waals surface area contributed by atoms with Crippen molar-refractivity contribution in [2.75, 3.05) is 0 Å². The van der Waals surface area contributed by atoms with Gasteiger partial charge in [-0.3, -0.25) is 4.79 Å². The number of phenolic OH excluding ortho intramolecular Hbond substituents is 3. The molecule has 7 nitrogen and oxygen atoms in total. The van der Waals surface area contributed by atoms with Gasteiger partial charge in [-0.1, -0.05) is 25.5 Å². The molecule has 0 aliphatic heterocycles. The smallest absolute Gasteiger partial charge is 0.343 e. The van der Waals surface area contributed by atoms with Gasteiger partial charge in [0.2, 0.25) is 0 Å². The first-order valence-electron chi connectivity index (χ1n) is 9.84. The zero-order chi connectivity index (χ0) is 22.7. The van der Waals surface area contributed by atoms with E-state index >= 15 is 0 Å². The molecule has 0 atom stereocenters. The standard InChI is InChI=1S/C23H28O7/c1-6-13-17(7-2)30-23(29)16(19(13)25)10-15-20(26)14(9-8-11(3)4)21(27)18(12(5)24)22(15)28/h8,25-28H,6-7,9-10H2,1-5H3. The number of aromatic hydroxyl groups is 4. The molecule has 0 amide bonds. The first-order valence-corrected chi connectivity index (χ1v) is 9.84. The molecule has 0 aliphatic carbocycles. The fourth-order valence-electron chi connectivity index (χ4n) is 3.45. The van der Waals surface area contributed by atoms with Crippen molar-refractivity contribution in [2.45, 2.75) is 60.3 Å². The van der Waals surface area contributed by atoms with Crippen LogP contribution < -0.4 is 5.63 Å². The lowest BCUT2D eigenvalue weighted by Crippen LogP contribution is -2.13. The molecule has 0 fully saturated rings. The second kappa shape index (κ2) is 9.07. The molecule has 0 saturated carbocycles. The Balaban J connectivity index is 2.79. The molecular weight excluding hydrogens is 388 g/mol. The Hall–Kier alpha value is -3.22. The molecule has 0 aliphatic rings. The van der Waals surface area contributed by atoms with Crippen LogP contribution in [0.3, 0.4) is 0 Å². The molecular formula is C23H28O7. The highest BCUT2D eigenvalue weighted by atomic mass is 16.4. The number of phenols is 3. The van der Waals surface area contributed by atoms with Crippen molar-refractivity contribution in [3.05, 3.63) is 55.6 Å². The lowest BCUT2D eigenvalue weighted by atomic mass is 9.92. The Morgan fingerprint density at radius 1 is 0.833 bits per heavy atom. The molecule has 1 aromatic carbocycles. The topological polar surface area (TPSA) is 128 Å². The van der Waals surface area contributed by atoms with Crippen molar-refractivity contribution >= 4 is 5.78 Å². The SMILES string of the molecule is CCc1oc(=O)c(Cc2c(O)c(CC=C(C)C)c(O)c(C(C)=O)c2O)c(O)c1CC. The Morgan fingerprint density at radius 3 is 1.90 bits per heavy atom. The van der Waals surface area contributed by atoms with Crippen molar-refractivity contribution < 1.29 is 29.6 Å². The molecule has 30 heavy (non-hydrogen) atoms. The molecule has 162 valence electrons. The van der Waals surface area contributed by atoms with E-state index in [0.29, 0.717) is 24.2 Å². The summed E-state index contributed by atoms with van der Waals surface area (Å²) < 4.78 is 5.32. The summed E-state index contributed by atoms with van der Waals surface area (Å²) in [4.78, 5) is 24.5. The number of ketones is 1. The number of aryl methyl sites for hydroxylation is 1. The summed E-state index contributed by atoms with van der Waals surface area (Å²) >= 11 is 0. The summed E-state index contributed by atoms with van der Waals surface area (Å²) in [5.41, 5.74) is 0.0506. The fraction of sp³-hybridized carbons (Fsp3) is 0.391. The van der Waals surface area contributed by atoms with Gasteiger partial charge in [0.05, 0.1) is 5.56 Å². The van der Waals surface area contributed by atoms with Crippen molar-refractivity contribution in [1.29, 1.82) is 0 Å². The van der Waals surface area contributed by atoms with Crippen molar-refractivity contribution in [3.63, 3.8) is 0 Å². The second-order valence-corrected chi connectivity index (χ2v) is 7.42. The molecule has 2 rings (SSSR count). The summed E-state index contributed by atoms with van der Waals surface area (Å²) in [6, 6.07) is 0.